The molecule has 0 bridgehead atoms. The molecule has 3 rings (SSSR count). The molecule has 2 aromatic rings. The predicted molar refractivity (Wildman–Crippen MR) is 85.8 cm³/mol. The Morgan fingerprint density at radius 3 is 2.95 bits per heavy atom. The topological polar surface area (TPSA) is 63.2 Å². The molecule has 3 heterocycles. The second-order valence-electron chi connectivity index (χ2n) is 5.53. The number of hydrogen-bond acceptors (Lipinski definition) is 6. The van der Waals surface area contributed by atoms with Crippen molar-refractivity contribution in [3.05, 3.63) is 42.5 Å². The lowest BCUT2D eigenvalue weighted by molar-refractivity contribution is 0.0875. The highest BCUT2D eigenvalue weighted by Gasteiger charge is 2.14. The number of nitrogens with zero attached hydrogens (tertiary/aromatic N) is 4. The van der Waals surface area contributed by atoms with Gasteiger partial charge in [0.2, 0.25) is 0 Å². The highest BCUT2D eigenvalue weighted by Crippen LogP contribution is 2.17. The molecule has 1 N–H and O–H groups in total. The molecule has 22 heavy (non-hydrogen) atoms. The number of ether oxygens (including phenoxy) is 1. The third-order valence-corrected chi connectivity index (χ3v) is 3.73. The third-order valence-electron chi connectivity index (χ3n) is 3.73. The second kappa shape index (κ2) is 7.17. The summed E-state index contributed by atoms with van der Waals surface area (Å²) in [7, 11) is 2.02. The largest absolute Gasteiger partial charge is 0.379 e. The van der Waals surface area contributed by atoms with Crippen LogP contribution in [0.5, 0.6) is 0 Å². The lowest BCUT2D eigenvalue weighted by Gasteiger charge is -2.24. The van der Waals surface area contributed by atoms with Crippen LogP contribution >= 0.6 is 0 Å². The fourth-order valence-corrected chi connectivity index (χ4v) is 2.54. The van der Waals surface area contributed by atoms with Crippen molar-refractivity contribution in [3.63, 3.8) is 0 Å². The molecule has 0 saturated carbocycles. The van der Waals surface area contributed by atoms with Gasteiger partial charge in [-0.1, -0.05) is 0 Å². The summed E-state index contributed by atoms with van der Waals surface area (Å²) in [5, 5.41) is 3.43. The molecule has 6 nitrogen and oxygen atoms in total. The average molecular weight is 299 g/mol. The molecule has 0 unspecified atom stereocenters. The molecule has 6 heteroatoms. The van der Waals surface area contributed by atoms with E-state index in [1.807, 2.05) is 25.2 Å². The third kappa shape index (κ3) is 3.92. The maximum atomic E-state index is 5.49. The Morgan fingerprint density at radius 1 is 1.32 bits per heavy atom. The van der Waals surface area contributed by atoms with Crippen LogP contribution in [0.15, 0.2) is 36.9 Å². The Labute approximate surface area is 130 Å². The number of nitrogens with one attached hydrogen (secondary N) is 1. The van der Waals surface area contributed by atoms with E-state index in [-0.39, 0.29) is 0 Å². The first-order valence-electron chi connectivity index (χ1n) is 7.57. The molecule has 1 aliphatic heterocycles. The van der Waals surface area contributed by atoms with E-state index in [0.717, 1.165) is 44.2 Å². The van der Waals surface area contributed by atoms with Gasteiger partial charge in [0, 0.05) is 38.7 Å². The molecule has 0 amide bonds. The smallest absolute Gasteiger partial charge is 0.134 e. The summed E-state index contributed by atoms with van der Waals surface area (Å²) < 4.78 is 5.49. The quantitative estimate of drug-likeness (QED) is 0.912. The van der Waals surface area contributed by atoms with Crippen LogP contribution in [0.3, 0.4) is 0 Å². The van der Waals surface area contributed by atoms with Crippen molar-refractivity contribution in [3.8, 4) is 0 Å². The zero-order valence-corrected chi connectivity index (χ0v) is 12.8. The second-order valence-corrected chi connectivity index (χ2v) is 5.53. The van der Waals surface area contributed by atoms with E-state index in [1.165, 1.54) is 5.56 Å². The van der Waals surface area contributed by atoms with E-state index >= 15 is 0 Å². The van der Waals surface area contributed by atoms with E-state index in [9.17, 15) is 0 Å². The Hall–Kier alpha value is -2.21. The van der Waals surface area contributed by atoms with Gasteiger partial charge in [-0.3, -0.25) is 4.98 Å². The van der Waals surface area contributed by atoms with Gasteiger partial charge >= 0.3 is 0 Å². The summed E-state index contributed by atoms with van der Waals surface area (Å²) in [5.74, 6) is 1.74. The van der Waals surface area contributed by atoms with E-state index < -0.39 is 0 Å². The summed E-state index contributed by atoms with van der Waals surface area (Å²) in [5.41, 5.74) is 1.20. The van der Waals surface area contributed by atoms with Crippen LogP contribution in [-0.4, -0.2) is 41.3 Å². The SMILES string of the molecule is CN(Cc1ccncc1)c1cc(N[C@H]2CCCOC2)ncn1. The maximum Gasteiger partial charge on any atom is 0.134 e. The molecular weight excluding hydrogens is 278 g/mol. The Morgan fingerprint density at radius 2 is 2.18 bits per heavy atom. The fourth-order valence-electron chi connectivity index (χ4n) is 2.54. The molecule has 1 saturated heterocycles. The van der Waals surface area contributed by atoms with Crippen molar-refractivity contribution < 1.29 is 4.74 Å². The van der Waals surface area contributed by atoms with Gasteiger partial charge < -0.3 is 15.0 Å². The lowest BCUT2D eigenvalue weighted by Crippen LogP contribution is -2.30. The first kappa shape index (κ1) is 14.7. The van der Waals surface area contributed by atoms with Crippen LogP contribution in [0.2, 0.25) is 0 Å². The van der Waals surface area contributed by atoms with Crippen LogP contribution in [-0.2, 0) is 11.3 Å². The fraction of sp³-hybridized carbons (Fsp3) is 0.438. The molecular formula is C16H21N5O. The number of anilines is 2. The summed E-state index contributed by atoms with van der Waals surface area (Å²) in [6.45, 7) is 2.39. The zero-order chi connectivity index (χ0) is 15.2. The van der Waals surface area contributed by atoms with Crippen molar-refractivity contribution in [2.45, 2.75) is 25.4 Å². The van der Waals surface area contributed by atoms with Crippen molar-refractivity contribution >= 4 is 11.6 Å². The van der Waals surface area contributed by atoms with E-state index in [2.05, 4.69) is 25.2 Å². The van der Waals surface area contributed by atoms with E-state index in [0.29, 0.717) is 6.04 Å². The lowest BCUT2D eigenvalue weighted by atomic mass is 10.1. The summed E-state index contributed by atoms with van der Waals surface area (Å²) in [6, 6.07) is 6.34. The van der Waals surface area contributed by atoms with Crippen LogP contribution in [0.1, 0.15) is 18.4 Å². The van der Waals surface area contributed by atoms with Gasteiger partial charge in [-0.05, 0) is 30.5 Å². The first-order valence-corrected chi connectivity index (χ1v) is 7.57. The number of rotatable bonds is 5. The Balaban J connectivity index is 1.64. The maximum absolute atomic E-state index is 5.49. The number of aromatic nitrogens is 3. The Kier molecular flexibility index (Phi) is 4.80. The molecule has 0 spiro atoms. The van der Waals surface area contributed by atoms with Gasteiger partial charge in [0.25, 0.3) is 0 Å². The van der Waals surface area contributed by atoms with Crippen molar-refractivity contribution in [2.24, 2.45) is 0 Å². The van der Waals surface area contributed by atoms with Crippen LogP contribution in [0.4, 0.5) is 11.6 Å². The monoisotopic (exact) mass is 299 g/mol. The minimum Gasteiger partial charge on any atom is -0.379 e. The standard InChI is InChI=1S/C16H21N5O/c1-21(10-13-4-6-17-7-5-13)16-9-15(18-12-19-16)20-14-3-2-8-22-11-14/h4-7,9,12,14H,2-3,8,10-11H2,1H3,(H,18,19,20)/t14-/m0/s1. The minimum atomic E-state index is 0.335. The molecule has 1 aliphatic rings. The van der Waals surface area contributed by atoms with Gasteiger partial charge in [0.15, 0.2) is 0 Å². The van der Waals surface area contributed by atoms with Crippen molar-refractivity contribution in [1.29, 1.82) is 0 Å². The number of pyridine rings is 1. The number of hydrogen-bond donors (Lipinski definition) is 1. The van der Waals surface area contributed by atoms with E-state index in [1.54, 1.807) is 18.7 Å². The molecule has 116 valence electrons. The van der Waals surface area contributed by atoms with Gasteiger partial charge in [-0.2, -0.15) is 0 Å². The van der Waals surface area contributed by atoms with E-state index in [4.69, 9.17) is 4.74 Å². The van der Waals surface area contributed by atoms with Gasteiger partial charge in [-0.25, -0.2) is 9.97 Å². The first-order chi connectivity index (χ1) is 10.8. The van der Waals surface area contributed by atoms with Crippen LogP contribution in [0.25, 0.3) is 0 Å². The normalized spacial score (nSPS) is 18.0. The highest BCUT2D eigenvalue weighted by atomic mass is 16.5. The van der Waals surface area contributed by atoms with Gasteiger partial charge in [0.1, 0.15) is 18.0 Å². The Bertz CT molecular complexity index is 586. The zero-order valence-electron chi connectivity index (χ0n) is 12.8. The van der Waals surface area contributed by atoms with Crippen LogP contribution < -0.4 is 10.2 Å². The summed E-state index contributed by atoms with van der Waals surface area (Å²) in [4.78, 5) is 14.8. The molecule has 1 atom stereocenters. The van der Waals surface area contributed by atoms with Gasteiger partial charge in [0.05, 0.1) is 12.6 Å². The predicted octanol–water partition coefficient (Wildman–Crippen LogP) is 2.10. The van der Waals surface area contributed by atoms with Crippen molar-refractivity contribution in [2.75, 3.05) is 30.5 Å². The molecule has 0 aliphatic carbocycles. The summed E-state index contributed by atoms with van der Waals surface area (Å²) >= 11 is 0. The molecule has 0 radical (unpaired) electrons. The minimum absolute atomic E-state index is 0.335. The molecule has 2 aromatic heterocycles. The van der Waals surface area contributed by atoms with Gasteiger partial charge in [-0.15, -0.1) is 0 Å². The highest BCUT2D eigenvalue weighted by molar-refractivity contribution is 5.48. The summed E-state index contributed by atoms with van der Waals surface area (Å²) in [6.07, 6.45) is 7.42. The average Bonchev–Trinajstić information content (AvgIpc) is 2.57. The molecule has 1 fully saturated rings. The van der Waals surface area contributed by atoms with Crippen LogP contribution in [0, 0.1) is 0 Å². The van der Waals surface area contributed by atoms with Crippen molar-refractivity contribution in [1.82, 2.24) is 15.0 Å². The molecule has 0 aromatic carbocycles.